The minimum Gasteiger partial charge on any atom is -0.462 e. The Morgan fingerprint density at radius 1 is 0.276 bits per heavy atom. The maximum Gasteiger partial charge on any atom is 0.306 e. The number of ether oxygens (including phenoxy) is 3. The van der Waals surface area contributed by atoms with Crippen LogP contribution in [0.4, 0.5) is 0 Å². The number of rotatable bonds is 53. The second kappa shape index (κ2) is 62.6. The molecule has 0 aromatic heterocycles. The first kappa shape index (κ1) is 71.0. The van der Waals surface area contributed by atoms with E-state index in [-0.39, 0.29) is 37.5 Å². The number of carbonyl (C=O) groups excluding carboxylic acids is 3. The molecule has 0 aliphatic rings. The van der Waals surface area contributed by atoms with Gasteiger partial charge in [0.05, 0.1) is 0 Å². The average Bonchev–Trinajstić information content (AvgIpc) is 3.42. The van der Waals surface area contributed by atoms with Crippen LogP contribution in [-0.2, 0) is 28.6 Å². The molecule has 0 saturated heterocycles. The molecule has 0 aromatic carbocycles. The quantitative estimate of drug-likeness (QED) is 0.0261. The Morgan fingerprint density at radius 2 is 0.526 bits per heavy atom. The van der Waals surface area contributed by atoms with Crippen molar-refractivity contribution in [2.24, 2.45) is 0 Å². The topological polar surface area (TPSA) is 78.9 Å². The lowest BCUT2D eigenvalue weighted by Crippen LogP contribution is -2.30. The van der Waals surface area contributed by atoms with Crippen LogP contribution < -0.4 is 0 Å². The molecule has 0 heterocycles. The molecule has 0 aromatic rings. The monoisotopic (exact) mass is 1050 g/mol. The molecule has 0 rings (SSSR count). The minimum atomic E-state index is -0.822. The van der Waals surface area contributed by atoms with Crippen LogP contribution in [0.15, 0.2) is 158 Å². The van der Waals surface area contributed by atoms with E-state index in [1.807, 2.05) is 0 Å². The van der Waals surface area contributed by atoms with Crippen LogP contribution in [0.5, 0.6) is 0 Å². The van der Waals surface area contributed by atoms with Gasteiger partial charge < -0.3 is 14.2 Å². The molecule has 0 aliphatic carbocycles. The number of carbonyl (C=O) groups is 3. The molecular formula is C70H110O6. The van der Waals surface area contributed by atoms with E-state index in [2.05, 4.69) is 179 Å². The molecule has 0 spiro atoms. The van der Waals surface area contributed by atoms with Crippen molar-refractivity contribution in [2.45, 2.75) is 252 Å². The third-order valence-corrected chi connectivity index (χ3v) is 12.2. The van der Waals surface area contributed by atoms with Crippen molar-refractivity contribution in [3.63, 3.8) is 0 Å². The van der Waals surface area contributed by atoms with Crippen molar-refractivity contribution >= 4 is 17.9 Å². The molecule has 0 amide bonds. The zero-order valence-corrected chi connectivity index (χ0v) is 48.7. The molecule has 0 bridgehead atoms. The molecule has 6 nitrogen and oxygen atoms in total. The summed E-state index contributed by atoms with van der Waals surface area (Å²) in [6.45, 7) is 6.28. The Hall–Kier alpha value is -4.97. The summed E-state index contributed by atoms with van der Waals surface area (Å²) in [6, 6.07) is 0. The van der Waals surface area contributed by atoms with Gasteiger partial charge in [0.25, 0.3) is 0 Å². The summed E-state index contributed by atoms with van der Waals surface area (Å²) in [7, 11) is 0. The van der Waals surface area contributed by atoms with E-state index < -0.39 is 6.10 Å². The van der Waals surface area contributed by atoms with Crippen molar-refractivity contribution in [2.75, 3.05) is 13.2 Å². The second-order valence-corrected chi connectivity index (χ2v) is 19.5. The van der Waals surface area contributed by atoms with Crippen LogP contribution in [0.1, 0.15) is 245 Å². The molecule has 0 N–H and O–H groups in total. The van der Waals surface area contributed by atoms with Crippen molar-refractivity contribution in [3.8, 4) is 0 Å². The van der Waals surface area contributed by atoms with Gasteiger partial charge in [0.15, 0.2) is 6.10 Å². The van der Waals surface area contributed by atoms with Gasteiger partial charge in [-0.05, 0) is 135 Å². The van der Waals surface area contributed by atoms with E-state index in [0.717, 1.165) is 148 Å². The highest BCUT2D eigenvalue weighted by Gasteiger charge is 2.19. The first-order valence-corrected chi connectivity index (χ1v) is 30.5. The number of allylic oxidation sites excluding steroid dienone is 26. The summed E-state index contributed by atoms with van der Waals surface area (Å²) in [5, 5.41) is 0. The smallest absolute Gasteiger partial charge is 0.306 e. The normalized spacial score (nSPS) is 13.2. The van der Waals surface area contributed by atoms with E-state index in [1.165, 1.54) is 51.4 Å². The van der Waals surface area contributed by atoms with E-state index >= 15 is 0 Å². The number of hydrogen-bond acceptors (Lipinski definition) is 6. The van der Waals surface area contributed by atoms with Gasteiger partial charge in [0, 0.05) is 19.3 Å². The Morgan fingerprint density at radius 3 is 0.855 bits per heavy atom. The summed E-state index contributed by atoms with van der Waals surface area (Å²) >= 11 is 0. The van der Waals surface area contributed by atoms with Crippen LogP contribution in [-0.4, -0.2) is 37.2 Å². The maximum absolute atomic E-state index is 12.9. The summed E-state index contributed by atoms with van der Waals surface area (Å²) in [6.07, 6.45) is 91.1. The molecule has 0 radical (unpaired) electrons. The van der Waals surface area contributed by atoms with Gasteiger partial charge in [-0.1, -0.05) is 249 Å². The van der Waals surface area contributed by atoms with Crippen molar-refractivity contribution in [1.82, 2.24) is 0 Å². The summed E-state index contributed by atoms with van der Waals surface area (Å²) in [4.78, 5) is 38.2. The molecule has 0 aliphatic heterocycles. The Bertz CT molecular complexity index is 1720. The fourth-order valence-corrected chi connectivity index (χ4v) is 7.75. The number of hydrogen-bond donors (Lipinski definition) is 0. The van der Waals surface area contributed by atoms with E-state index in [4.69, 9.17) is 14.2 Å². The van der Waals surface area contributed by atoms with Crippen molar-refractivity contribution in [3.05, 3.63) is 158 Å². The standard InChI is InChI=1S/C70H110O6/c1-4-7-10-13-16-19-22-24-26-28-30-32-34-35-37-38-40-42-44-46-48-51-54-57-60-63-69(72)75-66-67(65-74-68(71)62-59-56-53-50-21-18-15-12-9-6-3)76-70(73)64-61-58-55-52-49-47-45-43-41-39-36-33-31-29-27-25-23-20-17-14-11-8-5-2/h7-8,10-12,15-17,19-20,24-27,30-33,35,37,39,41,45,47,52,55,67H,4-6,9,13-14,18,21-23,28-29,34,36,38,40,42-44,46,48-51,53-54,56-66H2,1-3H3/b10-7-,11-8-,15-12-,19-16-,20-17-,26-24-,27-25-,32-30-,33-31-,37-35-,41-39-,47-45-,55-52-. The lowest BCUT2D eigenvalue weighted by atomic mass is 10.1. The maximum atomic E-state index is 12.9. The van der Waals surface area contributed by atoms with E-state index in [0.29, 0.717) is 19.3 Å². The highest BCUT2D eigenvalue weighted by molar-refractivity contribution is 5.71. The predicted octanol–water partition coefficient (Wildman–Crippen LogP) is 20.9. The molecule has 426 valence electrons. The predicted molar refractivity (Wildman–Crippen MR) is 329 cm³/mol. The highest BCUT2D eigenvalue weighted by atomic mass is 16.6. The van der Waals surface area contributed by atoms with Gasteiger partial charge in [0.1, 0.15) is 13.2 Å². The summed E-state index contributed by atoms with van der Waals surface area (Å²) < 4.78 is 16.8. The van der Waals surface area contributed by atoms with E-state index in [1.54, 1.807) is 0 Å². The summed E-state index contributed by atoms with van der Waals surface area (Å²) in [5.41, 5.74) is 0. The van der Waals surface area contributed by atoms with Crippen molar-refractivity contribution in [1.29, 1.82) is 0 Å². The largest absolute Gasteiger partial charge is 0.462 e. The Balaban J connectivity index is 4.42. The molecular weight excluding hydrogens is 937 g/mol. The fourth-order valence-electron chi connectivity index (χ4n) is 7.75. The van der Waals surface area contributed by atoms with Crippen LogP contribution in [0.25, 0.3) is 0 Å². The third-order valence-electron chi connectivity index (χ3n) is 12.2. The van der Waals surface area contributed by atoms with Crippen molar-refractivity contribution < 1.29 is 28.6 Å². The lowest BCUT2D eigenvalue weighted by molar-refractivity contribution is -0.167. The van der Waals surface area contributed by atoms with Crippen LogP contribution in [0, 0.1) is 0 Å². The molecule has 0 saturated carbocycles. The molecule has 1 unspecified atom stereocenters. The Labute approximate surface area is 467 Å². The number of esters is 3. The molecule has 6 heteroatoms. The molecule has 1 atom stereocenters. The van der Waals surface area contributed by atoms with Crippen LogP contribution in [0.3, 0.4) is 0 Å². The Kier molecular flexibility index (Phi) is 58.5. The minimum absolute atomic E-state index is 0.114. The second-order valence-electron chi connectivity index (χ2n) is 19.5. The van der Waals surface area contributed by atoms with Gasteiger partial charge in [-0.2, -0.15) is 0 Å². The van der Waals surface area contributed by atoms with Gasteiger partial charge in [0.2, 0.25) is 0 Å². The average molecular weight is 1050 g/mol. The SMILES string of the molecule is CC/C=C\C/C=C\C/C=C\C/C=C\C/C=C\C/C=C\C/C=C\CCCC(=O)OC(COC(=O)CCCCCCC/C=C\CCC)COC(=O)CCCCCCCCCCC/C=C\C/C=C\C/C=C\C/C=C\C/C=C\CC. The van der Waals surface area contributed by atoms with Gasteiger partial charge in [-0.25, -0.2) is 0 Å². The molecule has 76 heavy (non-hydrogen) atoms. The van der Waals surface area contributed by atoms with Crippen LogP contribution >= 0.6 is 0 Å². The fraction of sp³-hybridized carbons (Fsp3) is 0.586. The first-order valence-electron chi connectivity index (χ1n) is 30.5. The number of unbranched alkanes of at least 4 members (excludes halogenated alkanes) is 16. The van der Waals surface area contributed by atoms with Gasteiger partial charge >= 0.3 is 17.9 Å². The van der Waals surface area contributed by atoms with Gasteiger partial charge in [-0.15, -0.1) is 0 Å². The van der Waals surface area contributed by atoms with Gasteiger partial charge in [-0.3, -0.25) is 14.4 Å². The zero-order valence-electron chi connectivity index (χ0n) is 48.7. The first-order chi connectivity index (χ1) is 37.5. The van der Waals surface area contributed by atoms with E-state index in [9.17, 15) is 14.4 Å². The highest BCUT2D eigenvalue weighted by Crippen LogP contribution is 2.14. The molecule has 0 fully saturated rings. The van der Waals surface area contributed by atoms with Crippen LogP contribution in [0.2, 0.25) is 0 Å². The lowest BCUT2D eigenvalue weighted by Gasteiger charge is -2.18. The zero-order chi connectivity index (χ0) is 55.0. The third kappa shape index (κ3) is 59.9. The summed E-state index contributed by atoms with van der Waals surface area (Å²) in [5.74, 6) is -0.997.